The standard InChI is InChI=1S/C8H12F3NO2/c9-8(10,11)5-7(6(13)14)3-1-2-4-12-7/h12H,1-5H2,(H,13,14). The quantitative estimate of drug-likeness (QED) is 0.728. The van der Waals surface area contributed by atoms with Crippen LogP contribution in [0.4, 0.5) is 13.2 Å². The molecular formula is C8H12F3NO2. The van der Waals surface area contributed by atoms with E-state index < -0.39 is 24.1 Å². The largest absolute Gasteiger partial charge is 0.480 e. The molecule has 0 bridgehead atoms. The number of halogens is 3. The van der Waals surface area contributed by atoms with Crippen LogP contribution in [0, 0.1) is 0 Å². The van der Waals surface area contributed by atoms with E-state index in [0.717, 1.165) is 6.42 Å². The number of alkyl halides is 3. The summed E-state index contributed by atoms with van der Waals surface area (Å²) in [5.41, 5.74) is -1.80. The van der Waals surface area contributed by atoms with Crippen LogP contribution >= 0.6 is 0 Å². The molecule has 0 amide bonds. The Balaban J connectivity index is 2.76. The first-order chi connectivity index (χ1) is 6.36. The third kappa shape index (κ3) is 2.60. The minimum Gasteiger partial charge on any atom is -0.480 e. The number of nitrogens with one attached hydrogen (secondary N) is 1. The monoisotopic (exact) mass is 211 g/mol. The van der Waals surface area contributed by atoms with Crippen molar-refractivity contribution in [2.24, 2.45) is 0 Å². The zero-order valence-electron chi connectivity index (χ0n) is 7.52. The van der Waals surface area contributed by atoms with Gasteiger partial charge in [0.05, 0.1) is 6.42 Å². The summed E-state index contributed by atoms with van der Waals surface area (Å²) in [7, 11) is 0. The van der Waals surface area contributed by atoms with Gasteiger partial charge in [0, 0.05) is 0 Å². The smallest absolute Gasteiger partial charge is 0.391 e. The van der Waals surface area contributed by atoms with Crippen molar-refractivity contribution in [3.05, 3.63) is 0 Å². The van der Waals surface area contributed by atoms with E-state index in [4.69, 9.17) is 5.11 Å². The molecule has 0 aromatic heterocycles. The maximum Gasteiger partial charge on any atom is 0.391 e. The van der Waals surface area contributed by atoms with Gasteiger partial charge in [-0.1, -0.05) is 0 Å². The van der Waals surface area contributed by atoms with Gasteiger partial charge in [-0.05, 0) is 25.8 Å². The average Bonchev–Trinajstić information content (AvgIpc) is 2.02. The summed E-state index contributed by atoms with van der Waals surface area (Å²) in [5, 5.41) is 11.3. The van der Waals surface area contributed by atoms with E-state index in [2.05, 4.69) is 5.32 Å². The van der Waals surface area contributed by atoms with Gasteiger partial charge in [0.25, 0.3) is 0 Å². The maximum absolute atomic E-state index is 12.1. The van der Waals surface area contributed by atoms with Crippen LogP contribution in [0.2, 0.25) is 0 Å². The summed E-state index contributed by atoms with van der Waals surface area (Å²) >= 11 is 0. The van der Waals surface area contributed by atoms with Crippen LogP contribution < -0.4 is 5.32 Å². The first-order valence-corrected chi connectivity index (χ1v) is 4.41. The Kier molecular flexibility index (Phi) is 3.04. The van der Waals surface area contributed by atoms with Gasteiger partial charge in [-0.25, -0.2) is 0 Å². The Bertz CT molecular complexity index is 221. The van der Waals surface area contributed by atoms with Crippen molar-refractivity contribution in [1.82, 2.24) is 5.32 Å². The number of carboxylic acids is 1. The zero-order valence-corrected chi connectivity index (χ0v) is 7.52. The first kappa shape index (κ1) is 11.3. The van der Waals surface area contributed by atoms with Gasteiger partial charge in [-0.3, -0.25) is 4.79 Å². The number of carboxylic acid groups (broad SMARTS) is 1. The van der Waals surface area contributed by atoms with Crippen molar-refractivity contribution >= 4 is 5.97 Å². The Morgan fingerprint density at radius 1 is 1.43 bits per heavy atom. The molecule has 1 aliphatic rings. The van der Waals surface area contributed by atoms with Crippen LogP contribution in [-0.4, -0.2) is 29.3 Å². The second-order valence-corrected chi connectivity index (χ2v) is 3.56. The van der Waals surface area contributed by atoms with Gasteiger partial charge < -0.3 is 10.4 Å². The summed E-state index contributed by atoms with van der Waals surface area (Å²) in [6.07, 6.45) is -4.44. The number of rotatable bonds is 2. The molecule has 3 nitrogen and oxygen atoms in total. The fourth-order valence-corrected chi connectivity index (χ4v) is 1.72. The fourth-order valence-electron chi connectivity index (χ4n) is 1.72. The summed E-state index contributed by atoms with van der Waals surface area (Å²) in [6.45, 7) is 0.336. The molecule has 1 rings (SSSR count). The molecule has 1 aliphatic heterocycles. The molecular weight excluding hydrogens is 199 g/mol. The Morgan fingerprint density at radius 2 is 2.07 bits per heavy atom. The highest BCUT2D eigenvalue weighted by Crippen LogP contribution is 2.32. The van der Waals surface area contributed by atoms with Crippen LogP contribution in [0.25, 0.3) is 0 Å². The van der Waals surface area contributed by atoms with E-state index >= 15 is 0 Å². The van der Waals surface area contributed by atoms with Crippen molar-refractivity contribution in [1.29, 1.82) is 0 Å². The molecule has 0 saturated carbocycles. The number of hydrogen-bond acceptors (Lipinski definition) is 2. The van der Waals surface area contributed by atoms with Gasteiger partial charge in [-0.2, -0.15) is 13.2 Å². The Labute approximate surface area is 79.3 Å². The summed E-state index contributed by atoms with van der Waals surface area (Å²) < 4.78 is 36.4. The Hall–Kier alpha value is -0.780. The predicted molar refractivity (Wildman–Crippen MR) is 42.9 cm³/mol. The van der Waals surface area contributed by atoms with Crippen LogP contribution in [0.5, 0.6) is 0 Å². The molecule has 0 aliphatic carbocycles. The number of piperidine rings is 1. The number of hydrogen-bond donors (Lipinski definition) is 2. The van der Waals surface area contributed by atoms with E-state index in [1.165, 1.54) is 0 Å². The summed E-state index contributed by atoms with van der Waals surface area (Å²) in [4.78, 5) is 10.8. The summed E-state index contributed by atoms with van der Waals surface area (Å²) in [6, 6.07) is 0. The highest BCUT2D eigenvalue weighted by atomic mass is 19.4. The maximum atomic E-state index is 12.1. The second kappa shape index (κ2) is 3.76. The molecule has 1 atom stereocenters. The zero-order chi connectivity index (χ0) is 10.8. The van der Waals surface area contributed by atoms with Crippen LogP contribution in [0.1, 0.15) is 25.7 Å². The first-order valence-electron chi connectivity index (χ1n) is 4.41. The van der Waals surface area contributed by atoms with Gasteiger partial charge >= 0.3 is 12.1 Å². The van der Waals surface area contributed by atoms with Gasteiger partial charge in [-0.15, -0.1) is 0 Å². The summed E-state index contributed by atoms with van der Waals surface area (Å²) in [5.74, 6) is -1.41. The van der Waals surface area contributed by atoms with Crippen molar-refractivity contribution in [3.63, 3.8) is 0 Å². The SMILES string of the molecule is O=C(O)C1(CC(F)(F)F)CCCCN1. The van der Waals surface area contributed by atoms with E-state index in [0.29, 0.717) is 13.0 Å². The van der Waals surface area contributed by atoms with E-state index in [-0.39, 0.29) is 6.42 Å². The van der Waals surface area contributed by atoms with Crippen molar-refractivity contribution in [2.75, 3.05) is 6.54 Å². The van der Waals surface area contributed by atoms with Crippen molar-refractivity contribution < 1.29 is 23.1 Å². The van der Waals surface area contributed by atoms with Gasteiger partial charge in [0.1, 0.15) is 5.54 Å². The molecule has 1 saturated heterocycles. The van der Waals surface area contributed by atoms with Gasteiger partial charge in [0.15, 0.2) is 0 Å². The van der Waals surface area contributed by atoms with E-state index in [9.17, 15) is 18.0 Å². The Morgan fingerprint density at radius 3 is 2.43 bits per heavy atom. The normalized spacial score (nSPS) is 28.8. The molecule has 0 spiro atoms. The van der Waals surface area contributed by atoms with Crippen LogP contribution in [-0.2, 0) is 4.79 Å². The van der Waals surface area contributed by atoms with Crippen molar-refractivity contribution in [3.8, 4) is 0 Å². The lowest BCUT2D eigenvalue weighted by atomic mass is 9.85. The molecule has 0 aromatic carbocycles. The lowest BCUT2D eigenvalue weighted by molar-refractivity contribution is -0.172. The highest BCUT2D eigenvalue weighted by Gasteiger charge is 2.48. The van der Waals surface area contributed by atoms with Crippen LogP contribution in [0.15, 0.2) is 0 Å². The molecule has 0 radical (unpaired) electrons. The minimum atomic E-state index is -4.44. The third-order valence-electron chi connectivity index (χ3n) is 2.41. The lowest BCUT2D eigenvalue weighted by Crippen LogP contribution is -2.56. The molecule has 1 unspecified atom stereocenters. The van der Waals surface area contributed by atoms with E-state index in [1.807, 2.05) is 0 Å². The minimum absolute atomic E-state index is 0.0435. The van der Waals surface area contributed by atoms with E-state index in [1.54, 1.807) is 0 Å². The number of carbonyl (C=O) groups is 1. The number of aliphatic carboxylic acids is 1. The molecule has 1 heterocycles. The molecule has 2 N–H and O–H groups in total. The second-order valence-electron chi connectivity index (χ2n) is 3.56. The van der Waals surface area contributed by atoms with Crippen molar-refractivity contribution in [2.45, 2.75) is 37.4 Å². The molecule has 0 aromatic rings. The van der Waals surface area contributed by atoms with Gasteiger partial charge in [0.2, 0.25) is 0 Å². The molecule has 14 heavy (non-hydrogen) atoms. The molecule has 1 fully saturated rings. The molecule has 6 heteroatoms. The fraction of sp³-hybridized carbons (Fsp3) is 0.875. The highest BCUT2D eigenvalue weighted by molar-refractivity contribution is 5.79. The molecule has 82 valence electrons. The predicted octanol–water partition coefficient (Wildman–Crippen LogP) is 1.54. The average molecular weight is 211 g/mol. The topological polar surface area (TPSA) is 49.3 Å². The lowest BCUT2D eigenvalue weighted by Gasteiger charge is -2.34. The van der Waals surface area contributed by atoms with Crippen LogP contribution in [0.3, 0.4) is 0 Å². The third-order valence-corrected chi connectivity index (χ3v) is 2.41.